The Hall–Kier alpha value is -3.97. The van der Waals surface area contributed by atoms with Crippen molar-refractivity contribution in [3.63, 3.8) is 0 Å². The summed E-state index contributed by atoms with van der Waals surface area (Å²) in [5.41, 5.74) is 6.12. The Kier molecular flexibility index (Phi) is 4.71. The Morgan fingerprint density at radius 3 is 1.83 bits per heavy atom. The van der Waals surface area contributed by atoms with Crippen molar-refractivity contribution < 1.29 is 4.79 Å². The van der Waals surface area contributed by atoms with E-state index in [1.54, 1.807) is 6.08 Å². The Balaban J connectivity index is 1.67. The second kappa shape index (κ2) is 7.81. The molecule has 5 rings (SSSR count). The summed E-state index contributed by atoms with van der Waals surface area (Å²) >= 11 is 0. The number of ketones is 1. The molecule has 0 saturated heterocycles. The Morgan fingerprint density at radius 1 is 0.633 bits per heavy atom. The van der Waals surface area contributed by atoms with E-state index in [0.29, 0.717) is 0 Å². The molecule has 0 aliphatic heterocycles. The van der Waals surface area contributed by atoms with E-state index in [2.05, 4.69) is 54.6 Å². The first kappa shape index (κ1) is 18.1. The van der Waals surface area contributed by atoms with Gasteiger partial charge >= 0.3 is 0 Å². The Labute approximate surface area is 176 Å². The normalized spacial score (nSPS) is 14.0. The molecule has 0 unspecified atom stereocenters. The van der Waals surface area contributed by atoms with E-state index in [-0.39, 0.29) is 5.78 Å². The summed E-state index contributed by atoms with van der Waals surface area (Å²) in [7, 11) is 0. The number of hydrogen-bond donors (Lipinski definition) is 0. The van der Waals surface area contributed by atoms with E-state index in [4.69, 9.17) is 0 Å². The maximum absolute atomic E-state index is 12.8. The van der Waals surface area contributed by atoms with Crippen molar-refractivity contribution in [1.82, 2.24) is 0 Å². The summed E-state index contributed by atoms with van der Waals surface area (Å²) in [6, 6.07) is 33.1. The predicted octanol–water partition coefficient (Wildman–Crippen LogP) is 6.95. The molecule has 1 aliphatic rings. The highest BCUT2D eigenvalue weighted by atomic mass is 16.1. The van der Waals surface area contributed by atoms with Gasteiger partial charge in [-0.2, -0.15) is 0 Å². The third-order valence-electron chi connectivity index (χ3n) is 5.47. The number of hydrogen-bond acceptors (Lipinski definition) is 1. The van der Waals surface area contributed by atoms with Gasteiger partial charge < -0.3 is 0 Å². The van der Waals surface area contributed by atoms with Crippen molar-refractivity contribution in [2.24, 2.45) is 0 Å². The van der Waals surface area contributed by atoms with Gasteiger partial charge in [0, 0.05) is 5.57 Å². The second-order valence-electron chi connectivity index (χ2n) is 7.38. The second-order valence-corrected chi connectivity index (χ2v) is 7.38. The van der Waals surface area contributed by atoms with Gasteiger partial charge in [0.05, 0.1) is 0 Å². The molecule has 0 fully saturated rings. The zero-order valence-electron chi connectivity index (χ0n) is 16.5. The molecular formula is C29H20O. The SMILES string of the molecule is O=C1C=Cc2cc3ccccc3cc2/C1=C/C=C(c1ccccc1)c1ccccc1. The quantitative estimate of drug-likeness (QED) is 0.349. The van der Waals surface area contributed by atoms with Crippen molar-refractivity contribution in [2.75, 3.05) is 0 Å². The summed E-state index contributed by atoms with van der Waals surface area (Å²) in [5, 5.41) is 2.32. The van der Waals surface area contributed by atoms with Crippen LogP contribution in [0.5, 0.6) is 0 Å². The average Bonchev–Trinajstić information content (AvgIpc) is 2.81. The molecule has 0 amide bonds. The number of carbonyl (C=O) groups excluding carboxylic acids is 1. The summed E-state index contributed by atoms with van der Waals surface area (Å²) < 4.78 is 0. The highest BCUT2D eigenvalue weighted by Crippen LogP contribution is 2.32. The Morgan fingerprint density at radius 2 is 1.20 bits per heavy atom. The van der Waals surface area contributed by atoms with E-state index in [0.717, 1.165) is 38.8 Å². The molecule has 0 N–H and O–H groups in total. The van der Waals surface area contributed by atoms with E-state index in [1.807, 2.05) is 60.7 Å². The first-order chi connectivity index (χ1) is 14.8. The van der Waals surface area contributed by atoms with Gasteiger partial charge in [-0.3, -0.25) is 4.79 Å². The monoisotopic (exact) mass is 384 g/mol. The summed E-state index contributed by atoms with van der Waals surface area (Å²) in [6.07, 6.45) is 7.62. The zero-order chi connectivity index (χ0) is 20.3. The lowest BCUT2D eigenvalue weighted by atomic mass is 9.88. The van der Waals surface area contributed by atoms with Crippen LogP contribution in [0.1, 0.15) is 22.3 Å². The van der Waals surface area contributed by atoms with Crippen LogP contribution in [0, 0.1) is 0 Å². The number of fused-ring (bicyclic) bond motifs is 2. The first-order valence-corrected chi connectivity index (χ1v) is 10.1. The van der Waals surface area contributed by atoms with Gasteiger partial charge in [-0.05, 0) is 62.9 Å². The number of rotatable bonds is 3. The summed E-state index contributed by atoms with van der Waals surface area (Å²) in [6.45, 7) is 0. The fourth-order valence-electron chi connectivity index (χ4n) is 3.95. The van der Waals surface area contributed by atoms with Gasteiger partial charge in [-0.25, -0.2) is 0 Å². The zero-order valence-corrected chi connectivity index (χ0v) is 16.5. The molecule has 0 atom stereocenters. The average molecular weight is 384 g/mol. The smallest absolute Gasteiger partial charge is 0.186 e. The Bertz CT molecular complexity index is 1280. The third kappa shape index (κ3) is 3.42. The summed E-state index contributed by atoms with van der Waals surface area (Å²) in [4.78, 5) is 12.8. The number of benzene rings is 4. The molecule has 4 aromatic carbocycles. The van der Waals surface area contributed by atoms with Crippen LogP contribution in [-0.4, -0.2) is 5.78 Å². The van der Waals surface area contributed by atoms with Crippen LogP contribution < -0.4 is 0 Å². The molecule has 4 aromatic rings. The fraction of sp³-hybridized carbons (Fsp3) is 0. The molecule has 0 spiro atoms. The fourth-order valence-corrected chi connectivity index (χ4v) is 3.95. The summed E-state index contributed by atoms with van der Waals surface area (Å²) in [5.74, 6) is 0.0366. The highest BCUT2D eigenvalue weighted by Gasteiger charge is 2.17. The molecule has 0 saturated carbocycles. The van der Waals surface area contributed by atoms with Gasteiger partial charge in [0.1, 0.15) is 0 Å². The molecule has 142 valence electrons. The minimum absolute atomic E-state index is 0.0366. The lowest BCUT2D eigenvalue weighted by molar-refractivity contribution is -0.109. The van der Waals surface area contributed by atoms with Crippen LogP contribution in [0.3, 0.4) is 0 Å². The number of carbonyl (C=O) groups is 1. The van der Waals surface area contributed by atoms with Crippen LogP contribution in [-0.2, 0) is 4.79 Å². The number of allylic oxidation sites excluding steroid dienone is 4. The van der Waals surface area contributed by atoms with Crippen molar-refractivity contribution in [2.45, 2.75) is 0 Å². The van der Waals surface area contributed by atoms with Gasteiger partial charge in [0.25, 0.3) is 0 Å². The minimum Gasteiger partial charge on any atom is -0.289 e. The van der Waals surface area contributed by atoms with E-state index < -0.39 is 0 Å². The van der Waals surface area contributed by atoms with Gasteiger partial charge in [-0.1, -0.05) is 97.1 Å². The highest BCUT2D eigenvalue weighted by molar-refractivity contribution is 6.30. The molecule has 0 aromatic heterocycles. The third-order valence-corrected chi connectivity index (χ3v) is 5.47. The topological polar surface area (TPSA) is 17.1 Å². The standard InChI is InChI=1S/C29H20O/c30-29-18-15-25-19-23-13-7-8-14-24(23)20-28(25)27(29)17-16-26(21-9-3-1-4-10-21)22-11-5-2-6-12-22/h1-20H/b27-17-. The van der Waals surface area contributed by atoms with Gasteiger partial charge in [0.2, 0.25) is 0 Å². The first-order valence-electron chi connectivity index (χ1n) is 10.1. The van der Waals surface area contributed by atoms with Crippen LogP contribution in [0.15, 0.2) is 115 Å². The largest absolute Gasteiger partial charge is 0.289 e. The molecule has 0 radical (unpaired) electrons. The van der Waals surface area contributed by atoms with Crippen LogP contribution in [0.25, 0.3) is 28.0 Å². The van der Waals surface area contributed by atoms with Gasteiger partial charge in [-0.15, -0.1) is 0 Å². The van der Waals surface area contributed by atoms with E-state index >= 15 is 0 Å². The van der Waals surface area contributed by atoms with E-state index in [1.165, 1.54) is 5.39 Å². The predicted molar refractivity (Wildman–Crippen MR) is 126 cm³/mol. The maximum Gasteiger partial charge on any atom is 0.186 e. The van der Waals surface area contributed by atoms with Crippen molar-refractivity contribution in [1.29, 1.82) is 0 Å². The lowest BCUT2D eigenvalue weighted by Gasteiger charge is -2.15. The van der Waals surface area contributed by atoms with Crippen molar-refractivity contribution >= 4 is 33.8 Å². The van der Waals surface area contributed by atoms with E-state index in [9.17, 15) is 4.79 Å². The molecule has 30 heavy (non-hydrogen) atoms. The lowest BCUT2D eigenvalue weighted by Crippen LogP contribution is -2.04. The van der Waals surface area contributed by atoms with Crippen molar-refractivity contribution in [3.05, 3.63) is 138 Å². The molecule has 1 nitrogen and oxygen atoms in total. The van der Waals surface area contributed by atoms with Gasteiger partial charge in [0.15, 0.2) is 5.78 Å². The molecule has 1 aliphatic carbocycles. The molecule has 1 heteroatoms. The maximum atomic E-state index is 12.8. The minimum atomic E-state index is 0.0366. The molecule has 0 heterocycles. The van der Waals surface area contributed by atoms with Crippen molar-refractivity contribution in [3.8, 4) is 0 Å². The van der Waals surface area contributed by atoms with Crippen LogP contribution in [0.4, 0.5) is 0 Å². The van der Waals surface area contributed by atoms with Crippen LogP contribution >= 0.6 is 0 Å². The van der Waals surface area contributed by atoms with Crippen LogP contribution in [0.2, 0.25) is 0 Å². The molecule has 0 bridgehead atoms. The molecular weight excluding hydrogens is 364 g/mol.